The number of ether oxygens (including phenoxy) is 1. The molecule has 0 aliphatic carbocycles. The third kappa shape index (κ3) is 4.69. The second kappa shape index (κ2) is 8.12. The van der Waals surface area contributed by atoms with E-state index in [1.165, 1.54) is 0 Å². The SMILES string of the molecule is CC(C)Oc1ccccc1NC(=O)C1CCNCC1.Cl. The van der Waals surface area contributed by atoms with Gasteiger partial charge >= 0.3 is 0 Å². The molecule has 1 heterocycles. The first kappa shape index (κ1) is 16.8. The fraction of sp³-hybridized carbons (Fsp3) is 0.533. The van der Waals surface area contributed by atoms with Gasteiger partial charge in [0.15, 0.2) is 0 Å². The first-order chi connectivity index (χ1) is 9.16. The molecule has 1 aliphatic heterocycles. The van der Waals surface area contributed by atoms with E-state index in [1.54, 1.807) is 0 Å². The van der Waals surface area contributed by atoms with Crippen LogP contribution >= 0.6 is 12.4 Å². The van der Waals surface area contributed by atoms with Gasteiger partial charge in [-0.1, -0.05) is 12.1 Å². The molecule has 1 aliphatic rings. The van der Waals surface area contributed by atoms with E-state index < -0.39 is 0 Å². The van der Waals surface area contributed by atoms with E-state index in [9.17, 15) is 4.79 Å². The molecule has 4 nitrogen and oxygen atoms in total. The highest BCUT2D eigenvalue weighted by atomic mass is 35.5. The molecular formula is C15H23ClN2O2. The Kier molecular flexibility index (Phi) is 6.82. The van der Waals surface area contributed by atoms with E-state index in [1.807, 2.05) is 38.1 Å². The summed E-state index contributed by atoms with van der Waals surface area (Å²) in [5.74, 6) is 0.939. The summed E-state index contributed by atoms with van der Waals surface area (Å²) in [4.78, 5) is 12.2. The van der Waals surface area contributed by atoms with Gasteiger partial charge in [0.1, 0.15) is 5.75 Å². The zero-order valence-corrected chi connectivity index (χ0v) is 12.8. The molecule has 1 fully saturated rings. The second-order valence-electron chi connectivity index (χ2n) is 5.18. The number of hydrogen-bond acceptors (Lipinski definition) is 3. The monoisotopic (exact) mass is 298 g/mol. The molecule has 2 N–H and O–H groups in total. The summed E-state index contributed by atoms with van der Waals surface area (Å²) in [6.07, 6.45) is 1.90. The van der Waals surface area contributed by atoms with Crippen LogP contribution in [0.15, 0.2) is 24.3 Å². The Hall–Kier alpha value is -1.26. The van der Waals surface area contributed by atoms with Crippen molar-refractivity contribution in [2.24, 2.45) is 5.92 Å². The highest BCUT2D eigenvalue weighted by molar-refractivity contribution is 5.94. The van der Waals surface area contributed by atoms with Crippen molar-refractivity contribution in [1.82, 2.24) is 5.32 Å². The normalized spacial score (nSPS) is 15.6. The van der Waals surface area contributed by atoms with Crippen LogP contribution in [0.2, 0.25) is 0 Å². The summed E-state index contributed by atoms with van der Waals surface area (Å²) in [7, 11) is 0. The number of carbonyl (C=O) groups is 1. The van der Waals surface area contributed by atoms with Crippen molar-refractivity contribution in [3.63, 3.8) is 0 Å². The number of benzene rings is 1. The smallest absolute Gasteiger partial charge is 0.227 e. The lowest BCUT2D eigenvalue weighted by molar-refractivity contribution is -0.120. The molecule has 5 heteroatoms. The standard InChI is InChI=1S/C15H22N2O2.ClH/c1-11(2)19-14-6-4-3-5-13(14)17-15(18)12-7-9-16-10-8-12;/h3-6,11-12,16H,7-10H2,1-2H3,(H,17,18);1H. The van der Waals surface area contributed by atoms with Crippen LogP contribution in [0.4, 0.5) is 5.69 Å². The molecule has 0 spiro atoms. The van der Waals surface area contributed by atoms with Crippen LogP contribution in [0.25, 0.3) is 0 Å². The van der Waals surface area contributed by atoms with Crippen LogP contribution < -0.4 is 15.4 Å². The number of hydrogen-bond donors (Lipinski definition) is 2. The highest BCUT2D eigenvalue weighted by Crippen LogP contribution is 2.26. The topological polar surface area (TPSA) is 50.4 Å². The van der Waals surface area contributed by atoms with Gasteiger partial charge in [-0.3, -0.25) is 4.79 Å². The average Bonchev–Trinajstić information content (AvgIpc) is 2.41. The number of anilines is 1. The molecule has 1 saturated heterocycles. The van der Waals surface area contributed by atoms with Gasteiger partial charge in [-0.05, 0) is 51.9 Å². The van der Waals surface area contributed by atoms with Crippen LogP contribution in [-0.2, 0) is 4.79 Å². The third-order valence-corrected chi connectivity index (χ3v) is 3.22. The van der Waals surface area contributed by atoms with Crippen molar-refractivity contribution >= 4 is 24.0 Å². The highest BCUT2D eigenvalue weighted by Gasteiger charge is 2.21. The molecule has 1 aromatic carbocycles. The maximum absolute atomic E-state index is 12.2. The maximum Gasteiger partial charge on any atom is 0.227 e. The van der Waals surface area contributed by atoms with Crippen LogP contribution in [0.3, 0.4) is 0 Å². The number of rotatable bonds is 4. The number of halogens is 1. The molecule has 20 heavy (non-hydrogen) atoms. The van der Waals surface area contributed by atoms with Gasteiger partial charge < -0.3 is 15.4 Å². The van der Waals surface area contributed by atoms with Crippen LogP contribution in [0.1, 0.15) is 26.7 Å². The number of piperidine rings is 1. The second-order valence-corrected chi connectivity index (χ2v) is 5.18. The van der Waals surface area contributed by atoms with E-state index in [2.05, 4.69) is 10.6 Å². The van der Waals surface area contributed by atoms with E-state index in [-0.39, 0.29) is 30.3 Å². The third-order valence-electron chi connectivity index (χ3n) is 3.22. The molecule has 0 radical (unpaired) electrons. The van der Waals surface area contributed by atoms with Crippen molar-refractivity contribution in [1.29, 1.82) is 0 Å². The zero-order valence-electron chi connectivity index (χ0n) is 12.0. The predicted molar refractivity (Wildman–Crippen MR) is 83.7 cm³/mol. The van der Waals surface area contributed by atoms with Gasteiger partial charge in [-0.15, -0.1) is 12.4 Å². The van der Waals surface area contributed by atoms with Gasteiger partial charge in [0.05, 0.1) is 11.8 Å². The minimum atomic E-state index is 0. The Morgan fingerprint density at radius 1 is 1.30 bits per heavy atom. The molecule has 0 aromatic heterocycles. The number of para-hydroxylation sites is 2. The predicted octanol–water partition coefficient (Wildman–Crippen LogP) is 2.83. The lowest BCUT2D eigenvalue weighted by atomic mass is 9.97. The minimum Gasteiger partial charge on any atom is -0.489 e. The van der Waals surface area contributed by atoms with Crippen molar-refractivity contribution in [3.05, 3.63) is 24.3 Å². The van der Waals surface area contributed by atoms with Gasteiger partial charge in [0.2, 0.25) is 5.91 Å². The fourth-order valence-electron chi connectivity index (χ4n) is 2.25. The fourth-order valence-corrected chi connectivity index (χ4v) is 2.25. The molecule has 112 valence electrons. The van der Waals surface area contributed by atoms with Gasteiger partial charge in [-0.2, -0.15) is 0 Å². The van der Waals surface area contributed by atoms with E-state index in [4.69, 9.17) is 4.74 Å². The zero-order chi connectivity index (χ0) is 13.7. The summed E-state index contributed by atoms with van der Waals surface area (Å²) in [6.45, 7) is 5.79. The Bertz CT molecular complexity index is 432. The molecule has 1 aromatic rings. The Morgan fingerprint density at radius 3 is 2.60 bits per heavy atom. The lowest BCUT2D eigenvalue weighted by Gasteiger charge is -2.22. The molecule has 0 bridgehead atoms. The van der Waals surface area contributed by atoms with Crippen LogP contribution in [0, 0.1) is 5.92 Å². The van der Waals surface area contributed by atoms with Crippen molar-refractivity contribution in [2.45, 2.75) is 32.8 Å². The molecule has 2 rings (SSSR count). The minimum absolute atomic E-state index is 0. The first-order valence-corrected chi connectivity index (χ1v) is 6.94. The van der Waals surface area contributed by atoms with Crippen LogP contribution in [0.5, 0.6) is 5.75 Å². The summed E-state index contributed by atoms with van der Waals surface area (Å²) in [5.41, 5.74) is 0.764. The van der Waals surface area contributed by atoms with Gasteiger partial charge in [0, 0.05) is 5.92 Å². The summed E-state index contributed by atoms with van der Waals surface area (Å²) in [6, 6.07) is 7.60. The Morgan fingerprint density at radius 2 is 1.95 bits per heavy atom. The van der Waals surface area contributed by atoms with Crippen molar-refractivity contribution < 1.29 is 9.53 Å². The van der Waals surface area contributed by atoms with E-state index >= 15 is 0 Å². The Labute approximate surface area is 126 Å². The first-order valence-electron chi connectivity index (χ1n) is 6.94. The molecular weight excluding hydrogens is 276 g/mol. The molecule has 0 saturated carbocycles. The summed E-state index contributed by atoms with van der Waals surface area (Å²) < 4.78 is 5.71. The van der Waals surface area contributed by atoms with Crippen LogP contribution in [-0.4, -0.2) is 25.1 Å². The van der Waals surface area contributed by atoms with E-state index in [0.29, 0.717) is 0 Å². The summed E-state index contributed by atoms with van der Waals surface area (Å²) in [5, 5.41) is 6.26. The Balaban J connectivity index is 0.00000200. The summed E-state index contributed by atoms with van der Waals surface area (Å²) >= 11 is 0. The molecule has 1 amide bonds. The van der Waals surface area contributed by atoms with Gasteiger partial charge in [-0.25, -0.2) is 0 Å². The maximum atomic E-state index is 12.2. The number of amides is 1. The van der Waals surface area contributed by atoms with E-state index in [0.717, 1.165) is 37.4 Å². The molecule has 0 unspecified atom stereocenters. The average molecular weight is 299 g/mol. The largest absolute Gasteiger partial charge is 0.489 e. The van der Waals surface area contributed by atoms with Crippen molar-refractivity contribution in [2.75, 3.05) is 18.4 Å². The van der Waals surface area contributed by atoms with Crippen molar-refractivity contribution in [3.8, 4) is 5.75 Å². The lowest BCUT2D eigenvalue weighted by Crippen LogP contribution is -2.34. The number of carbonyl (C=O) groups excluding carboxylic acids is 1. The molecule has 0 atom stereocenters. The number of nitrogens with one attached hydrogen (secondary N) is 2. The quantitative estimate of drug-likeness (QED) is 0.899. The van der Waals surface area contributed by atoms with Gasteiger partial charge in [0.25, 0.3) is 0 Å².